The molecule has 0 aliphatic carbocycles. The molecular formula is C17H19NO2. The fourth-order valence-electron chi connectivity index (χ4n) is 3.08. The van der Waals surface area contributed by atoms with Crippen molar-refractivity contribution in [2.24, 2.45) is 0 Å². The van der Waals surface area contributed by atoms with E-state index in [9.17, 15) is 4.79 Å². The van der Waals surface area contributed by atoms with Gasteiger partial charge in [-0.15, -0.1) is 0 Å². The Morgan fingerprint density at radius 3 is 2.50 bits per heavy atom. The van der Waals surface area contributed by atoms with Crippen molar-refractivity contribution < 1.29 is 9.21 Å². The number of carbonyl (C=O) groups excluding carboxylic acids is 1. The molecule has 0 atom stereocenters. The molecule has 2 aromatic rings. The van der Waals surface area contributed by atoms with Gasteiger partial charge in [-0.1, -0.05) is 30.3 Å². The lowest BCUT2D eigenvalue weighted by Crippen LogP contribution is -2.46. The molecule has 2 heterocycles. The molecule has 104 valence electrons. The molecule has 20 heavy (non-hydrogen) atoms. The molecule has 0 saturated carbocycles. The highest BCUT2D eigenvalue weighted by atomic mass is 16.3. The Hall–Kier alpha value is -1.87. The summed E-state index contributed by atoms with van der Waals surface area (Å²) in [6, 6.07) is 13.9. The zero-order valence-electron chi connectivity index (χ0n) is 11.5. The maximum atomic E-state index is 12.9. The fourth-order valence-corrected chi connectivity index (χ4v) is 3.08. The van der Waals surface area contributed by atoms with E-state index in [-0.39, 0.29) is 11.2 Å². The van der Waals surface area contributed by atoms with Gasteiger partial charge in [-0.05, 0) is 43.6 Å². The van der Waals surface area contributed by atoms with Gasteiger partial charge in [0.2, 0.25) is 0 Å². The first kappa shape index (κ1) is 13.1. The summed E-state index contributed by atoms with van der Waals surface area (Å²) in [6.07, 6.45) is 3.72. The minimum absolute atomic E-state index is 0.264. The van der Waals surface area contributed by atoms with Crippen LogP contribution in [0, 0.1) is 0 Å². The summed E-state index contributed by atoms with van der Waals surface area (Å²) >= 11 is 0. The predicted molar refractivity (Wildman–Crippen MR) is 77.6 cm³/mol. The number of benzene rings is 1. The van der Waals surface area contributed by atoms with Gasteiger partial charge in [0.05, 0.1) is 18.1 Å². The molecule has 1 aromatic carbocycles. The van der Waals surface area contributed by atoms with Crippen LogP contribution >= 0.6 is 0 Å². The van der Waals surface area contributed by atoms with Gasteiger partial charge in [0.25, 0.3) is 0 Å². The average Bonchev–Trinajstić information content (AvgIpc) is 3.02. The largest absolute Gasteiger partial charge is 0.469 e. The number of piperidine rings is 1. The number of hydrogen-bond acceptors (Lipinski definition) is 3. The summed E-state index contributed by atoms with van der Waals surface area (Å²) in [5.41, 5.74) is 0.775. The van der Waals surface area contributed by atoms with Crippen LogP contribution in [0.3, 0.4) is 0 Å². The normalized spacial score (nSPS) is 17.8. The quantitative estimate of drug-likeness (QED) is 0.928. The molecule has 0 spiro atoms. The first-order valence-electron chi connectivity index (χ1n) is 7.13. The van der Waals surface area contributed by atoms with Crippen molar-refractivity contribution >= 4 is 5.78 Å². The second-order valence-corrected chi connectivity index (χ2v) is 5.38. The van der Waals surface area contributed by atoms with E-state index in [1.54, 1.807) is 6.26 Å². The molecule has 1 aliphatic rings. The van der Waals surface area contributed by atoms with Crippen molar-refractivity contribution in [3.8, 4) is 0 Å². The molecule has 3 heteroatoms. The maximum Gasteiger partial charge on any atom is 0.151 e. The van der Waals surface area contributed by atoms with Gasteiger partial charge in [0.15, 0.2) is 5.78 Å². The summed E-state index contributed by atoms with van der Waals surface area (Å²) < 4.78 is 5.34. The molecule has 1 aromatic heterocycles. The molecule has 3 rings (SSSR count). The van der Waals surface area contributed by atoms with Gasteiger partial charge in [0, 0.05) is 0 Å². The Kier molecular flexibility index (Phi) is 3.70. The van der Waals surface area contributed by atoms with Crippen molar-refractivity contribution in [2.45, 2.75) is 24.7 Å². The van der Waals surface area contributed by atoms with Gasteiger partial charge in [-0.3, -0.25) is 4.79 Å². The molecule has 1 aliphatic heterocycles. The van der Waals surface area contributed by atoms with E-state index in [1.807, 2.05) is 30.3 Å². The van der Waals surface area contributed by atoms with Crippen LogP contribution in [0.2, 0.25) is 0 Å². The van der Waals surface area contributed by atoms with E-state index in [2.05, 4.69) is 17.4 Å². The molecule has 1 fully saturated rings. The molecule has 0 bridgehead atoms. The van der Waals surface area contributed by atoms with E-state index in [0.717, 1.165) is 37.3 Å². The minimum atomic E-state index is -0.362. The number of Topliss-reactive ketones (excluding diaryl/α,β-unsaturated/α-hetero) is 1. The van der Waals surface area contributed by atoms with Crippen molar-refractivity contribution in [2.75, 3.05) is 13.1 Å². The minimum Gasteiger partial charge on any atom is -0.469 e. The summed E-state index contributed by atoms with van der Waals surface area (Å²) in [4.78, 5) is 12.9. The number of nitrogens with one attached hydrogen (secondary N) is 1. The monoisotopic (exact) mass is 269 g/mol. The molecule has 0 amide bonds. The van der Waals surface area contributed by atoms with E-state index in [0.29, 0.717) is 6.42 Å². The van der Waals surface area contributed by atoms with Gasteiger partial charge >= 0.3 is 0 Å². The Balaban J connectivity index is 1.91. The van der Waals surface area contributed by atoms with Crippen molar-refractivity contribution in [3.05, 3.63) is 60.1 Å². The Labute approximate surface area is 119 Å². The van der Waals surface area contributed by atoms with Gasteiger partial charge in [-0.25, -0.2) is 0 Å². The number of rotatable bonds is 4. The summed E-state index contributed by atoms with van der Waals surface area (Å²) in [5, 5.41) is 3.35. The molecule has 1 N–H and O–H groups in total. The van der Waals surface area contributed by atoms with Crippen LogP contribution in [0.25, 0.3) is 0 Å². The summed E-state index contributed by atoms with van der Waals surface area (Å²) in [5.74, 6) is 1.02. The second-order valence-electron chi connectivity index (χ2n) is 5.38. The fraction of sp³-hybridized carbons (Fsp3) is 0.353. The van der Waals surface area contributed by atoms with Gasteiger partial charge in [-0.2, -0.15) is 0 Å². The van der Waals surface area contributed by atoms with Crippen LogP contribution in [0.4, 0.5) is 0 Å². The molecule has 0 unspecified atom stereocenters. The van der Waals surface area contributed by atoms with Crippen LogP contribution in [0.5, 0.6) is 0 Å². The van der Waals surface area contributed by atoms with Crippen LogP contribution in [-0.2, 0) is 16.6 Å². The number of hydrogen-bond donors (Lipinski definition) is 1. The molecule has 0 radical (unpaired) electrons. The lowest BCUT2D eigenvalue weighted by atomic mass is 9.69. The lowest BCUT2D eigenvalue weighted by molar-refractivity contribution is -0.125. The van der Waals surface area contributed by atoms with Crippen LogP contribution < -0.4 is 5.32 Å². The van der Waals surface area contributed by atoms with Crippen molar-refractivity contribution in [1.82, 2.24) is 5.32 Å². The smallest absolute Gasteiger partial charge is 0.151 e. The summed E-state index contributed by atoms with van der Waals surface area (Å²) in [6.45, 7) is 1.78. The Morgan fingerprint density at radius 1 is 1.10 bits per heavy atom. The van der Waals surface area contributed by atoms with Crippen molar-refractivity contribution in [1.29, 1.82) is 0 Å². The van der Waals surface area contributed by atoms with Crippen LogP contribution in [0.1, 0.15) is 24.2 Å². The first-order chi connectivity index (χ1) is 9.81. The third kappa shape index (κ3) is 2.41. The molecular weight excluding hydrogens is 250 g/mol. The third-order valence-electron chi connectivity index (χ3n) is 4.23. The van der Waals surface area contributed by atoms with Crippen LogP contribution in [0.15, 0.2) is 53.1 Å². The highest BCUT2D eigenvalue weighted by molar-refractivity contribution is 5.91. The maximum absolute atomic E-state index is 12.9. The van der Waals surface area contributed by atoms with Gasteiger partial charge < -0.3 is 9.73 Å². The number of furan rings is 1. The first-order valence-corrected chi connectivity index (χ1v) is 7.13. The highest BCUT2D eigenvalue weighted by Gasteiger charge is 2.40. The van der Waals surface area contributed by atoms with E-state index in [4.69, 9.17) is 4.42 Å². The highest BCUT2D eigenvalue weighted by Crippen LogP contribution is 2.35. The zero-order chi connectivity index (χ0) is 13.8. The van der Waals surface area contributed by atoms with Gasteiger partial charge in [0.1, 0.15) is 5.76 Å². The van der Waals surface area contributed by atoms with E-state index < -0.39 is 0 Å². The lowest BCUT2D eigenvalue weighted by Gasteiger charge is -2.36. The number of ketones is 1. The standard InChI is InChI=1S/C17H19NO2/c19-16(13-15-7-4-12-20-15)17(8-10-18-11-9-17)14-5-2-1-3-6-14/h1-7,12,18H,8-11,13H2. The third-order valence-corrected chi connectivity index (χ3v) is 4.23. The van der Waals surface area contributed by atoms with E-state index >= 15 is 0 Å². The molecule has 3 nitrogen and oxygen atoms in total. The van der Waals surface area contributed by atoms with E-state index in [1.165, 1.54) is 0 Å². The summed E-state index contributed by atoms with van der Waals surface area (Å²) in [7, 11) is 0. The Morgan fingerprint density at radius 2 is 1.85 bits per heavy atom. The Bertz CT molecular complexity index is 554. The predicted octanol–water partition coefficient (Wildman–Crippen LogP) is 2.71. The second kappa shape index (κ2) is 5.63. The molecule has 1 saturated heterocycles. The number of carbonyl (C=O) groups is 1. The topological polar surface area (TPSA) is 42.2 Å². The average molecular weight is 269 g/mol. The van der Waals surface area contributed by atoms with Crippen molar-refractivity contribution in [3.63, 3.8) is 0 Å². The zero-order valence-corrected chi connectivity index (χ0v) is 11.5. The SMILES string of the molecule is O=C(Cc1ccco1)C1(c2ccccc2)CCNCC1. The van der Waals surface area contributed by atoms with Crippen LogP contribution in [-0.4, -0.2) is 18.9 Å².